The van der Waals surface area contributed by atoms with Gasteiger partial charge in [0.2, 0.25) is 0 Å². The molecule has 1 N–H and O–H groups in total. The van der Waals surface area contributed by atoms with Crippen molar-refractivity contribution in [3.63, 3.8) is 0 Å². The maximum absolute atomic E-state index is 10.8. The van der Waals surface area contributed by atoms with Crippen LogP contribution >= 0.6 is 0 Å². The second-order valence-electron chi connectivity index (χ2n) is 1.98. The van der Waals surface area contributed by atoms with E-state index >= 15 is 0 Å². The third-order valence-electron chi connectivity index (χ3n) is 0.890. The maximum Gasteiger partial charge on any atom is 0.293 e. The molecule has 7 heteroatoms. The molecule has 0 aromatic rings. The van der Waals surface area contributed by atoms with Crippen LogP contribution in [0.5, 0.6) is 0 Å². The van der Waals surface area contributed by atoms with Crippen LogP contribution in [0.4, 0.5) is 0 Å². The second kappa shape index (κ2) is 9.14. The van der Waals surface area contributed by atoms with Crippen molar-refractivity contribution in [2.45, 2.75) is 6.42 Å². The Bertz CT molecular complexity index is 213. The summed E-state index contributed by atoms with van der Waals surface area (Å²) in [6.45, 7) is 3.12. The molecule has 0 spiro atoms. The number of aliphatic hydroxyl groups excluding tert-OH is 1. The molecule has 13 heavy (non-hydrogen) atoms. The van der Waals surface area contributed by atoms with E-state index in [1.165, 1.54) is 6.08 Å². The summed E-state index contributed by atoms with van der Waals surface area (Å²) in [5.74, 6) is -0.249. The molecule has 5 nitrogen and oxygen atoms in total. The molecule has 0 atom stereocenters. The molecule has 73 valence electrons. The summed E-state index contributed by atoms with van der Waals surface area (Å²) in [7, 11) is -3.65. The van der Waals surface area contributed by atoms with Gasteiger partial charge in [-0.25, -0.2) is 4.89 Å². The molecule has 0 aliphatic carbocycles. The first-order chi connectivity index (χ1) is 5.62. The molecular weight excluding hydrogens is 207 g/mol. The van der Waals surface area contributed by atoms with Gasteiger partial charge in [0.25, 0.3) is 10.1 Å². The first kappa shape index (κ1) is 16.0. The topological polar surface area (TPSA) is 72.8 Å². The van der Waals surface area contributed by atoms with Gasteiger partial charge in [-0.05, 0) is 6.42 Å². The van der Waals surface area contributed by atoms with E-state index in [1.807, 2.05) is 0 Å². The summed E-state index contributed by atoms with van der Waals surface area (Å²) in [5.41, 5.74) is 0. The summed E-state index contributed by atoms with van der Waals surface area (Å²) in [6.07, 6.45) is 1.50. The standard InChI is InChI=1S/C6H12O5S.Na/c1-2-5-10-11-12(8,9)6-3-4-7;/h2,7H,1,3-6H2;. The molecule has 0 aliphatic heterocycles. The van der Waals surface area contributed by atoms with Gasteiger partial charge in [-0.2, -0.15) is 8.42 Å². The summed E-state index contributed by atoms with van der Waals surface area (Å²) < 4.78 is 25.6. The van der Waals surface area contributed by atoms with Crippen LogP contribution in [-0.4, -0.2) is 62.0 Å². The van der Waals surface area contributed by atoms with Crippen LogP contribution < -0.4 is 0 Å². The first-order valence-electron chi connectivity index (χ1n) is 3.38. The molecule has 0 unspecified atom stereocenters. The van der Waals surface area contributed by atoms with Crippen molar-refractivity contribution >= 4 is 39.7 Å². The van der Waals surface area contributed by atoms with Crippen molar-refractivity contribution in [3.05, 3.63) is 12.7 Å². The molecular formula is C6H12NaO5S. The monoisotopic (exact) mass is 219 g/mol. The quantitative estimate of drug-likeness (QED) is 0.204. The van der Waals surface area contributed by atoms with E-state index in [4.69, 9.17) is 5.11 Å². The summed E-state index contributed by atoms with van der Waals surface area (Å²) in [5, 5.41) is 8.32. The van der Waals surface area contributed by atoms with E-state index in [0.717, 1.165) is 0 Å². The predicted octanol–water partition coefficient (Wildman–Crippen LogP) is -0.548. The van der Waals surface area contributed by atoms with E-state index < -0.39 is 10.1 Å². The van der Waals surface area contributed by atoms with Crippen molar-refractivity contribution in [1.29, 1.82) is 0 Å². The van der Waals surface area contributed by atoms with Crippen molar-refractivity contribution < 1.29 is 22.7 Å². The van der Waals surface area contributed by atoms with Crippen LogP contribution in [0, 0.1) is 0 Å². The van der Waals surface area contributed by atoms with E-state index in [2.05, 4.69) is 15.8 Å². The Labute approximate surface area is 100 Å². The molecule has 0 saturated heterocycles. The Morgan fingerprint density at radius 2 is 2.08 bits per heavy atom. The largest absolute Gasteiger partial charge is 0.396 e. The van der Waals surface area contributed by atoms with E-state index in [9.17, 15) is 8.42 Å². The van der Waals surface area contributed by atoms with E-state index in [-0.39, 0.29) is 54.9 Å². The molecule has 0 bridgehead atoms. The van der Waals surface area contributed by atoms with Crippen LogP contribution in [-0.2, 0) is 19.3 Å². The zero-order valence-corrected chi connectivity index (χ0v) is 10.4. The molecule has 0 rings (SSSR count). The van der Waals surface area contributed by atoms with Crippen molar-refractivity contribution in [3.8, 4) is 0 Å². The average Bonchev–Trinajstić information content (AvgIpc) is 2.01. The fraction of sp³-hybridized carbons (Fsp3) is 0.667. The van der Waals surface area contributed by atoms with Gasteiger partial charge in [0.15, 0.2) is 0 Å². The van der Waals surface area contributed by atoms with Gasteiger partial charge >= 0.3 is 0 Å². The normalized spacial score (nSPS) is 10.5. The van der Waals surface area contributed by atoms with Gasteiger partial charge in [0.1, 0.15) is 6.61 Å². The van der Waals surface area contributed by atoms with Gasteiger partial charge in [-0.3, -0.25) is 0 Å². The minimum atomic E-state index is -3.65. The average molecular weight is 219 g/mol. The fourth-order valence-electron chi connectivity index (χ4n) is 0.425. The van der Waals surface area contributed by atoms with E-state index in [0.29, 0.717) is 0 Å². The molecule has 1 radical (unpaired) electrons. The van der Waals surface area contributed by atoms with Gasteiger partial charge in [0.05, 0.1) is 5.75 Å². The summed E-state index contributed by atoms with van der Waals surface area (Å²) >= 11 is 0. The zero-order valence-electron chi connectivity index (χ0n) is 7.60. The Balaban J connectivity index is 0. The van der Waals surface area contributed by atoms with Crippen molar-refractivity contribution in [2.24, 2.45) is 0 Å². The van der Waals surface area contributed by atoms with Gasteiger partial charge in [-0.15, -0.1) is 10.9 Å². The maximum atomic E-state index is 10.8. The number of hydrogen-bond acceptors (Lipinski definition) is 5. The Morgan fingerprint density at radius 3 is 2.54 bits per heavy atom. The molecule has 0 amide bonds. The smallest absolute Gasteiger partial charge is 0.293 e. The SMILES string of the molecule is C=CCOOS(=O)(=O)CCCO.[Na]. The molecule has 0 aliphatic rings. The van der Waals surface area contributed by atoms with Gasteiger partial charge < -0.3 is 5.11 Å². The van der Waals surface area contributed by atoms with Crippen LogP contribution in [0.15, 0.2) is 12.7 Å². The number of aliphatic hydroxyl groups is 1. The van der Waals surface area contributed by atoms with Crippen molar-refractivity contribution in [2.75, 3.05) is 19.0 Å². The van der Waals surface area contributed by atoms with E-state index in [1.54, 1.807) is 0 Å². The van der Waals surface area contributed by atoms with Gasteiger partial charge in [0, 0.05) is 36.2 Å². The fourth-order valence-corrected chi connectivity index (χ4v) is 1.18. The van der Waals surface area contributed by atoms with Crippen molar-refractivity contribution in [1.82, 2.24) is 0 Å². The second-order valence-corrected chi connectivity index (χ2v) is 3.64. The molecule has 0 aromatic heterocycles. The summed E-state index contributed by atoms with van der Waals surface area (Å²) in [4.78, 5) is 4.26. The minimum absolute atomic E-state index is 0. The number of hydrogen-bond donors (Lipinski definition) is 1. The summed E-state index contributed by atoms with van der Waals surface area (Å²) in [6, 6.07) is 0. The third kappa shape index (κ3) is 10.5. The molecule has 0 aromatic carbocycles. The number of rotatable bonds is 7. The predicted molar refractivity (Wildman–Crippen MR) is 48.5 cm³/mol. The van der Waals surface area contributed by atoms with Gasteiger partial charge in [-0.1, -0.05) is 6.08 Å². The first-order valence-corrected chi connectivity index (χ1v) is 4.95. The molecule has 0 heterocycles. The molecule has 0 saturated carbocycles. The Kier molecular flexibility index (Phi) is 11.3. The minimum Gasteiger partial charge on any atom is -0.396 e. The molecule has 0 fully saturated rings. The van der Waals surface area contributed by atoms with Crippen LogP contribution in [0.2, 0.25) is 0 Å². The Hall–Kier alpha value is 0.570. The zero-order chi connectivity index (χ0) is 9.45. The van der Waals surface area contributed by atoms with Crippen LogP contribution in [0.1, 0.15) is 6.42 Å². The van der Waals surface area contributed by atoms with Crippen LogP contribution in [0.3, 0.4) is 0 Å². The van der Waals surface area contributed by atoms with Crippen LogP contribution in [0.25, 0.3) is 0 Å². The third-order valence-corrected chi connectivity index (χ3v) is 1.98. The Morgan fingerprint density at radius 1 is 1.46 bits per heavy atom.